The van der Waals surface area contributed by atoms with Crippen LogP contribution in [-0.4, -0.2) is 11.6 Å². The summed E-state index contributed by atoms with van der Waals surface area (Å²) in [5, 5.41) is 5.82. The van der Waals surface area contributed by atoms with Crippen LogP contribution in [0.2, 0.25) is 0 Å². The highest BCUT2D eigenvalue weighted by atomic mass is 16.1. The first kappa shape index (κ1) is 18.3. The summed E-state index contributed by atoms with van der Waals surface area (Å²) in [6.45, 7) is 4.28. The van der Waals surface area contributed by atoms with Crippen molar-refractivity contribution >= 4 is 28.0 Å². The summed E-state index contributed by atoms with van der Waals surface area (Å²) in [5.41, 5.74) is 5.91. The molecule has 0 spiro atoms. The molecule has 31 heavy (non-hydrogen) atoms. The lowest BCUT2D eigenvalue weighted by Crippen LogP contribution is -2.37. The van der Waals surface area contributed by atoms with E-state index in [1.54, 1.807) is 0 Å². The molecule has 1 N–H and O–H groups in total. The Balaban J connectivity index is 1.61. The molecule has 0 bridgehead atoms. The van der Waals surface area contributed by atoms with E-state index in [1.165, 1.54) is 0 Å². The number of allylic oxidation sites excluding steroid dienone is 3. The van der Waals surface area contributed by atoms with E-state index in [-0.39, 0.29) is 22.9 Å². The van der Waals surface area contributed by atoms with Crippen LogP contribution in [0.4, 0.5) is 0 Å². The van der Waals surface area contributed by atoms with E-state index >= 15 is 0 Å². The number of ketones is 2. The summed E-state index contributed by atoms with van der Waals surface area (Å²) in [6, 6.07) is 22.3. The number of carbonyl (C=O) groups is 2. The zero-order chi connectivity index (χ0) is 21.3. The summed E-state index contributed by atoms with van der Waals surface area (Å²) >= 11 is 0. The lowest BCUT2D eigenvalue weighted by Gasteiger charge is -2.39. The van der Waals surface area contributed by atoms with Crippen molar-refractivity contribution in [2.75, 3.05) is 0 Å². The second-order valence-electron chi connectivity index (χ2n) is 9.66. The van der Waals surface area contributed by atoms with Crippen LogP contribution in [0.1, 0.15) is 54.1 Å². The maximum Gasteiger partial charge on any atom is 0.192 e. The number of carbonyl (C=O) groups excluding carboxylic acids is 2. The van der Waals surface area contributed by atoms with Gasteiger partial charge in [0, 0.05) is 40.3 Å². The fourth-order valence-corrected chi connectivity index (χ4v) is 5.51. The van der Waals surface area contributed by atoms with E-state index < -0.39 is 0 Å². The number of Topliss-reactive ketones (excluding diaryl/α,β-unsaturated/α-hetero) is 2. The number of hydrogen-bond acceptors (Lipinski definition) is 3. The van der Waals surface area contributed by atoms with Crippen molar-refractivity contribution < 1.29 is 9.59 Å². The molecular formula is C28H23NO2. The average Bonchev–Trinajstić information content (AvgIpc) is 3.03. The molecule has 2 aliphatic carbocycles. The molecule has 0 radical (unpaired) electrons. The third kappa shape index (κ3) is 2.66. The maximum atomic E-state index is 13.6. The number of dihydropyridines is 1. The van der Waals surface area contributed by atoms with Gasteiger partial charge in [-0.05, 0) is 28.2 Å². The molecule has 0 saturated carbocycles. The maximum absolute atomic E-state index is 13.6. The molecular weight excluding hydrogens is 382 g/mol. The monoisotopic (exact) mass is 405 g/mol. The van der Waals surface area contributed by atoms with Gasteiger partial charge < -0.3 is 5.32 Å². The van der Waals surface area contributed by atoms with Gasteiger partial charge >= 0.3 is 0 Å². The average molecular weight is 405 g/mol. The molecule has 1 atom stereocenters. The molecule has 0 unspecified atom stereocenters. The smallest absolute Gasteiger partial charge is 0.192 e. The molecule has 0 fully saturated rings. The lowest BCUT2D eigenvalue weighted by atomic mass is 9.68. The first-order valence-corrected chi connectivity index (χ1v) is 10.8. The van der Waals surface area contributed by atoms with E-state index in [0.717, 1.165) is 50.9 Å². The standard InChI is InChI=1S/C28H23NO2/c1-28(2)14-21-24(22(30)15-28)23(18-12-11-16-7-3-4-8-17(16)13-18)25-26(29-21)19-9-5-6-10-20(19)27(25)31/h3-13,23,29H,14-15H2,1-2H3/t23-/m0/s1. The van der Waals surface area contributed by atoms with Crippen molar-refractivity contribution in [1.29, 1.82) is 0 Å². The van der Waals surface area contributed by atoms with Crippen molar-refractivity contribution in [3.8, 4) is 0 Å². The Labute approximate surface area is 181 Å². The number of nitrogens with one attached hydrogen (secondary N) is 1. The van der Waals surface area contributed by atoms with Crippen molar-refractivity contribution in [2.24, 2.45) is 5.41 Å². The van der Waals surface area contributed by atoms with Crippen LogP contribution in [-0.2, 0) is 4.79 Å². The van der Waals surface area contributed by atoms with E-state index in [4.69, 9.17) is 0 Å². The third-order valence-electron chi connectivity index (χ3n) is 6.84. The Hall–Kier alpha value is -3.46. The highest BCUT2D eigenvalue weighted by Crippen LogP contribution is 2.51. The summed E-state index contributed by atoms with van der Waals surface area (Å²) in [5.74, 6) is -0.160. The van der Waals surface area contributed by atoms with Gasteiger partial charge in [-0.25, -0.2) is 0 Å². The Morgan fingerprint density at radius 1 is 0.806 bits per heavy atom. The number of rotatable bonds is 1. The predicted octanol–water partition coefficient (Wildman–Crippen LogP) is 5.78. The quantitative estimate of drug-likeness (QED) is 0.558. The normalized spacial score (nSPS) is 21.7. The first-order chi connectivity index (χ1) is 14.9. The largest absolute Gasteiger partial charge is 0.358 e. The van der Waals surface area contributed by atoms with Crippen LogP contribution in [0.3, 0.4) is 0 Å². The Bertz CT molecular complexity index is 1370. The van der Waals surface area contributed by atoms with Crippen LogP contribution in [0, 0.1) is 5.41 Å². The topological polar surface area (TPSA) is 46.2 Å². The molecule has 152 valence electrons. The molecule has 6 rings (SSSR count). The third-order valence-corrected chi connectivity index (χ3v) is 6.84. The second kappa shape index (κ2) is 6.27. The van der Waals surface area contributed by atoms with Gasteiger partial charge in [-0.1, -0.05) is 80.6 Å². The minimum Gasteiger partial charge on any atom is -0.358 e. The van der Waals surface area contributed by atoms with Crippen LogP contribution >= 0.6 is 0 Å². The van der Waals surface area contributed by atoms with Gasteiger partial charge in [0.15, 0.2) is 11.6 Å². The van der Waals surface area contributed by atoms with Crippen LogP contribution in [0.5, 0.6) is 0 Å². The zero-order valence-corrected chi connectivity index (χ0v) is 17.7. The van der Waals surface area contributed by atoms with Crippen molar-refractivity contribution in [3.05, 3.63) is 100 Å². The molecule has 3 nitrogen and oxygen atoms in total. The minimum absolute atomic E-state index is 0.0282. The van der Waals surface area contributed by atoms with Gasteiger partial charge in [0.25, 0.3) is 0 Å². The molecule has 3 aromatic carbocycles. The van der Waals surface area contributed by atoms with Crippen molar-refractivity contribution in [1.82, 2.24) is 5.32 Å². The molecule has 1 aliphatic heterocycles. The van der Waals surface area contributed by atoms with Gasteiger partial charge in [0.2, 0.25) is 0 Å². The highest BCUT2D eigenvalue weighted by Gasteiger charge is 2.46. The molecule has 3 aromatic rings. The second-order valence-corrected chi connectivity index (χ2v) is 9.66. The molecule has 1 heterocycles. The SMILES string of the molecule is CC1(C)CC(=O)C2=C(C1)NC1=C(C(=O)c3ccccc31)[C@H]2c1ccc2ccccc2c1. The van der Waals surface area contributed by atoms with Crippen LogP contribution < -0.4 is 5.32 Å². The van der Waals surface area contributed by atoms with Gasteiger partial charge in [-0.2, -0.15) is 0 Å². The fourth-order valence-electron chi connectivity index (χ4n) is 5.51. The minimum atomic E-state index is -0.334. The highest BCUT2D eigenvalue weighted by molar-refractivity contribution is 6.23. The summed E-state index contributed by atoms with van der Waals surface area (Å²) < 4.78 is 0. The van der Waals surface area contributed by atoms with E-state index in [0.29, 0.717) is 12.0 Å². The Morgan fingerprint density at radius 2 is 1.52 bits per heavy atom. The van der Waals surface area contributed by atoms with Gasteiger partial charge in [0.1, 0.15) is 0 Å². The lowest BCUT2D eigenvalue weighted by molar-refractivity contribution is -0.118. The Kier molecular flexibility index (Phi) is 3.71. The van der Waals surface area contributed by atoms with Crippen LogP contribution in [0.25, 0.3) is 16.5 Å². The summed E-state index contributed by atoms with van der Waals surface area (Å²) in [7, 11) is 0. The molecule has 0 amide bonds. The Morgan fingerprint density at radius 3 is 2.32 bits per heavy atom. The summed E-state index contributed by atoms with van der Waals surface area (Å²) in [6.07, 6.45) is 1.30. The molecule has 3 heteroatoms. The van der Waals surface area contributed by atoms with Crippen LogP contribution in [0.15, 0.2) is 83.6 Å². The van der Waals surface area contributed by atoms with Crippen molar-refractivity contribution in [2.45, 2.75) is 32.6 Å². The molecule has 0 aromatic heterocycles. The number of benzene rings is 3. The van der Waals surface area contributed by atoms with Crippen molar-refractivity contribution in [3.63, 3.8) is 0 Å². The van der Waals surface area contributed by atoms with E-state index in [1.807, 2.05) is 36.4 Å². The molecule has 3 aliphatic rings. The van der Waals surface area contributed by atoms with Gasteiger partial charge in [-0.3, -0.25) is 9.59 Å². The van der Waals surface area contributed by atoms with E-state index in [9.17, 15) is 9.59 Å². The van der Waals surface area contributed by atoms with Gasteiger partial charge in [-0.15, -0.1) is 0 Å². The number of fused-ring (bicyclic) bond motifs is 3. The van der Waals surface area contributed by atoms with E-state index in [2.05, 4.69) is 49.5 Å². The predicted molar refractivity (Wildman–Crippen MR) is 123 cm³/mol. The number of hydrogen-bond donors (Lipinski definition) is 1. The zero-order valence-electron chi connectivity index (χ0n) is 17.7. The molecule has 0 saturated heterocycles. The fraction of sp³-hybridized carbons (Fsp3) is 0.214. The summed E-state index contributed by atoms with van der Waals surface area (Å²) in [4.78, 5) is 27.0. The van der Waals surface area contributed by atoms with Gasteiger partial charge in [0.05, 0.1) is 5.70 Å². The first-order valence-electron chi connectivity index (χ1n) is 10.8.